The van der Waals surface area contributed by atoms with Gasteiger partial charge in [-0.3, -0.25) is 0 Å². The molecule has 2 aliphatic heterocycles. The molecule has 0 spiro atoms. The van der Waals surface area contributed by atoms with E-state index in [1.54, 1.807) is 0 Å². The van der Waals surface area contributed by atoms with E-state index in [0.29, 0.717) is 5.92 Å². The molecule has 0 N–H and O–H groups in total. The Balaban J connectivity index is 2.20. The molecule has 0 aromatic heterocycles. The van der Waals surface area contributed by atoms with Gasteiger partial charge in [0, 0.05) is 26.3 Å². The van der Waals surface area contributed by atoms with Gasteiger partial charge in [-0.25, -0.2) is 4.79 Å². The molecule has 1 fully saturated rings. The average molecular weight is 239 g/mol. The SMILES string of the molecule is COC(=O)C1=C(C2CCOCC2)CCN(C)C1. The highest BCUT2D eigenvalue weighted by Gasteiger charge is 2.28. The lowest BCUT2D eigenvalue weighted by molar-refractivity contribution is -0.136. The van der Waals surface area contributed by atoms with Crippen LogP contribution in [0.4, 0.5) is 0 Å². The number of hydrogen-bond donors (Lipinski definition) is 0. The predicted molar refractivity (Wildman–Crippen MR) is 64.7 cm³/mol. The Labute approximate surface area is 103 Å². The van der Waals surface area contributed by atoms with Gasteiger partial charge in [-0.2, -0.15) is 0 Å². The Morgan fingerprint density at radius 1 is 1.41 bits per heavy atom. The molecule has 0 aromatic carbocycles. The van der Waals surface area contributed by atoms with Crippen molar-refractivity contribution in [3.8, 4) is 0 Å². The van der Waals surface area contributed by atoms with E-state index in [1.807, 2.05) is 7.05 Å². The van der Waals surface area contributed by atoms with Crippen LogP contribution in [0.15, 0.2) is 11.1 Å². The van der Waals surface area contributed by atoms with Gasteiger partial charge in [-0.15, -0.1) is 0 Å². The first-order chi connectivity index (χ1) is 8.22. The summed E-state index contributed by atoms with van der Waals surface area (Å²) in [5.41, 5.74) is 2.20. The van der Waals surface area contributed by atoms with Crippen molar-refractivity contribution in [1.29, 1.82) is 0 Å². The number of carbonyl (C=O) groups is 1. The van der Waals surface area contributed by atoms with Gasteiger partial charge < -0.3 is 14.4 Å². The minimum absolute atomic E-state index is 0.155. The third-order valence-electron chi connectivity index (χ3n) is 3.72. The van der Waals surface area contributed by atoms with Gasteiger partial charge in [0.05, 0.1) is 12.7 Å². The maximum absolute atomic E-state index is 11.8. The Kier molecular flexibility index (Phi) is 4.18. The summed E-state index contributed by atoms with van der Waals surface area (Å²) in [5, 5.41) is 0. The largest absolute Gasteiger partial charge is 0.466 e. The van der Waals surface area contributed by atoms with Crippen molar-refractivity contribution >= 4 is 5.97 Å². The molecule has 2 rings (SSSR count). The van der Waals surface area contributed by atoms with Gasteiger partial charge in [0.25, 0.3) is 0 Å². The second kappa shape index (κ2) is 5.65. The number of likely N-dealkylation sites (N-methyl/N-ethyl adjacent to an activating group) is 1. The fourth-order valence-electron chi connectivity index (χ4n) is 2.73. The van der Waals surface area contributed by atoms with Gasteiger partial charge in [0.2, 0.25) is 0 Å². The Hall–Kier alpha value is -0.870. The highest BCUT2D eigenvalue weighted by atomic mass is 16.5. The molecule has 0 bridgehead atoms. The Bertz CT molecular complexity index is 319. The third kappa shape index (κ3) is 2.87. The molecule has 0 atom stereocenters. The van der Waals surface area contributed by atoms with Crippen molar-refractivity contribution in [2.75, 3.05) is 40.5 Å². The van der Waals surface area contributed by atoms with Crippen LogP contribution in [0.1, 0.15) is 19.3 Å². The first kappa shape index (κ1) is 12.6. The van der Waals surface area contributed by atoms with Crippen LogP contribution in [-0.4, -0.2) is 51.3 Å². The summed E-state index contributed by atoms with van der Waals surface area (Å²) in [7, 11) is 3.51. The quantitative estimate of drug-likeness (QED) is 0.679. The summed E-state index contributed by atoms with van der Waals surface area (Å²) < 4.78 is 10.3. The molecule has 1 saturated heterocycles. The molecule has 0 radical (unpaired) electrons. The molecular formula is C13H21NO3. The third-order valence-corrected chi connectivity index (χ3v) is 3.72. The number of rotatable bonds is 2. The maximum atomic E-state index is 11.8. The smallest absolute Gasteiger partial charge is 0.335 e. The van der Waals surface area contributed by atoms with Crippen LogP contribution in [0.25, 0.3) is 0 Å². The van der Waals surface area contributed by atoms with Crippen molar-refractivity contribution in [3.63, 3.8) is 0 Å². The minimum Gasteiger partial charge on any atom is -0.466 e. The first-order valence-corrected chi connectivity index (χ1v) is 6.29. The molecule has 96 valence electrons. The zero-order valence-corrected chi connectivity index (χ0v) is 10.7. The summed E-state index contributed by atoms with van der Waals surface area (Å²) >= 11 is 0. The van der Waals surface area contributed by atoms with Crippen molar-refractivity contribution in [2.24, 2.45) is 5.92 Å². The highest BCUT2D eigenvalue weighted by Crippen LogP contribution is 2.31. The predicted octanol–water partition coefficient (Wildman–Crippen LogP) is 1.22. The topological polar surface area (TPSA) is 38.8 Å². The van der Waals surface area contributed by atoms with E-state index in [4.69, 9.17) is 9.47 Å². The number of carbonyl (C=O) groups excluding carboxylic acids is 1. The second-order valence-corrected chi connectivity index (χ2v) is 4.87. The molecule has 4 nitrogen and oxygen atoms in total. The zero-order valence-electron chi connectivity index (χ0n) is 10.7. The van der Waals surface area contributed by atoms with E-state index in [-0.39, 0.29) is 5.97 Å². The summed E-state index contributed by atoms with van der Waals surface area (Å²) in [6.45, 7) is 3.39. The van der Waals surface area contributed by atoms with Crippen LogP contribution >= 0.6 is 0 Å². The van der Waals surface area contributed by atoms with E-state index >= 15 is 0 Å². The first-order valence-electron chi connectivity index (χ1n) is 6.29. The molecule has 0 saturated carbocycles. The molecule has 17 heavy (non-hydrogen) atoms. The Morgan fingerprint density at radius 2 is 2.12 bits per heavy atom. The summed E-state index contributed by atoms with van der Waals surface area (Å²) in [6, 6.07) is 0. The number of esters is 1. The molecule has 0 aliphatic carbocycles. The van der Waals surface area contributed by atoms with Crippen molar-refractivity contribution in [1.82, 2.24) is 4.90 Å². The summed E-state index contributed by atoms with van der Waals surface area (Å²) in [4.78, 5) is 14.0. The lowest BCUT2D eigenvalue weighted by Gasteiger charge is -2.32. The van der Waals surface area contributed by atoms with Crippen LogP contribution in [0.2, 0.25) is 0 Å². The normalized spacial score (nSPS) is 23.9. The van der Waals surface area contributed by atoms with Crippen LogP contribution in [-0.2, 0) is 14.3 Å². The lowest BCUT2D eigenvalue weighted by Crippen LogP contribution is -2.34. The molecule has 2 aliphatic rings. The maximum Gasteiger partial charge on any atom is 0.335 e. The van der Waals surface area contributed by atoms with Crippen molar-refractivity contribution < 1.29 is 14.3 Å². The molecule has 2 heterocycles. The fraction of sp³-hybridized carbons (Fsp3) is 0.769. The van der Waals surface area contributed by atoms with Crippen LogP contribution in [0.5, 0.6) is 0 Å². The van der Waals surface area contributed by atoms with E-state index < -0.39 is 0 Å². The van der Waals surface area contributed by atoms with Crippen molar-refractivity contribution in [3.05, 3.63) is 11.1 Å². The van der Waals surface area contributed by atoms with E-state index in [2.05, 4.69) is 4.90 Å². The van der Waals surface area contributed by atoms with Gasteiger partial charge in [-0.1, -0.05) is 5.57 Å². The second-order valence-electron chi connectivity index (χ2n) is 4.87. The van der Waals surface area contributed by atoms with E-state index in [0.717, 1.165) is 51.1 Å². The van der Waals surface area contributed by atoms with Gasteiger partial charge in [-0.05, 0) is 32.2 Å². The number of ether oxygens (including phenoxy) is 2. The molecule has 4 heteroatoms. The monoisotopic (exact) mass is 239 g/mol. The van der Waals surface area contributed by atoms with Crippen LogP contribution in [0, 0.1) is 5.92 Å². The molecule has 0 amide bonds. The standard InChI is InChI=1S/C13H21NO3/c1-14-6-3-11(10-4-7-17-8-5-10)12(9-14)13(15)16-2/h10H,3-9H2,1-2H3. The highest BCUT2D eigenvalue weighted by molar-refractivity contribution is 5.90. The van der Waals surface area contributed by atoms with E-state index in [1.165, 1.54) is 12.7 Å². The van der Waals surface area contributed by atoms with Gasteiger partial charge in [0.15, 0.2) is 0 Å². The number of hydrogen-bond acceptors (Lipinski definition) is 4. The molecule has 0 aromatic rings. The number of methoxy groups -OCH3 is 1. The fourth-order valence-corrected chi connectivity index (χ4v) is 2.73. The van der Waals surface area contributed by atoms with Crippen LogP contribution < -0.4 is 0 Å². The molecular weight excluding hydrogens is 218 g/mol. The summed E-state index contributed by atoms with van der Waals surface area (Å²) in [5.74, 6) is 0.365. The van der Waals surface area contributed by atoms with E-state index in [9.17, 15) is 4.79 Å². The van der Waals surface area contributed by atoms with Crippen molar-refractivity contribution in [2.45, 2.75) is 19.3 Å². The zero-order chi connectivity index (χ0) is 12.3. The minimum atomic E-state index is -0.155. The Morgan fingerprint density at radius 3 is 2.76 bits per heavy atom. The van der Waals surface area contributed by atoms with Gasteiger partial charge >= 0.3 is 5.97 Å². The van der Waals surface area contributed by atoms with Crippen LogP contribution in [0.3, 0.4) is 0 Å². The molecule has 0 unspecified atom stereocenters. The number of nitrogens with zero attached hydrogens (tertiary/aromatic N) is 1. The lowest BCUT2D eigenvalue weighted by atomic mass is 9.84. The average Bonchev–Trinajstić information content (AvgIpc) is 2.38. The summed E-state index contributed by atoms with van der Waals surface area (Å²) in [6.07, 6.45) is 3.07. The van der Waals surface area contributed by atoms with Gasteiger partial charge in [0.1, 0.15) is 0 Å².